The number of likely N-dealkylation sites (tertiary alicyclic amines) is 1. The zero-order valence-electron chi connectivity index (χ0n) is 8.69. The first kappa shape index (κ1) is 10.7. The Morgan fingerprint density at radius 2 is 1.93 bits per heavy atom. The molecule has 1 aliphatic heterocycles. The van der Waals surface area contributed by atoms with E-state index in [1.54, 1.807) is 0 Å². The Bertz CT molecular complexity index is 432. The molecule has 1 saturated heterocycles. The smallest absolute Gasteiger partial charge is 0.0507 e. The van der Waals surface area contributed by atoms with Crippen LogP contribution in [0.3, 0.4) is 0 Å². The van der Waals surface area contributed by atoms with Gasteiger partial charge in [0.05, 0.1) is 9.71 Å². The van der Waals surface area contributed by atoms with E-state index in [1.807, 2.05) is 24.3 Å². The third-order valence-electron chi connectivity index (χ3n) is 2.68. The third-order valence-corrected chi connectivity index (χ3v) is 3.75. The summed E-state index contributed by atoms with van der Waals surface area (Å²) >= 11 is 0. The van der Waals surface area contributed by atoms with Crippen LogP contribution in [0, 0.1) is 0 Å². The number of rotatable bonds is 3. The topological polar surface area (TPSA) is 46.3 Å². The van der Waals surface area contributed by atoms with Crippen LogP contribution in [0.1, 0.15) is 12.0 Å². The molecule has 0 aromatic heterocycles. The van der Waals surface area contributed by atoms with E-state index >= 15 is 0 Å². The molecule has 1 aromatic carbocycles. The van der Waals surface area contributed by atoms with E-state index < -0.39 is 9.71 Å². The van der Waals surface area contributed by atoms with Gasteiger partial charge in [0.25, 0.3) is 0 Å². The van der Waals surface area contributed by atoms with Gasteiger partial charge in [-0.3, -0.25) is 10.0 Å². The number of hydrogen-bond donors (Lipinski definition) is 1. The van der Waals surface area contributed by atoms with Crippen molar-refractivity contribution in [2.24, 2.45) is 5.14 Å². The van der Waals surface area contributed by atoms with Gasteiger partial charge in [0.1, 0.15) is 0 Å². The third kappa shape index (κ3) is 2.59. The van der Waals surface area contributed by atoms with Crippen molar-refractivity contribution in [3.63, 3.8) is 0 Å². The molecule has 0 spiro atoms. The van der Waals surface area contributed by atoms with Crippen molar-refractivity contribution in [2.75, 3.05) is 13.1 Å². The predicted molar refractivity (Wildman–Crippen MR) is 64.1 cm³/mol. The van der Waals surface area contributed by atoms with E-state index in [1.165, 1.54) is 25.1 Å². The van der Waals surface area contributed by atoms with E-state index in [9.17, 15) is 4.21 Å². The van der Waals surface area contributed by atoms with Crippen LogP contribution >= 0.6 is 0 Å². The second-order valence-corrected chi connectivity index (χ2v) is 5.92. The number of nitrogens with two attached hydrogens (primary N) is 1. The van der Waals surface area contributed by atoms with E-state index in [0.29, 0.717) is 4.90 Å². The Morgan fingerprint density at radius 1 is 1.33 bits per heavy atom. The summed E-state index contributed by atoms with van der Waals surface area (Å²) in [6.07, 6.45) is 1.30. The van der Waals surface area contributed by atoms with Gasteiger partial charge in [-0.15, -0.1) is 0 Å². The van der Waals surface area contributed by atoms with Crippen LogP contribution in [0.5, 0.6) is 0 Å². The largest absolute Gasteiger partial charge is 0.299 e. The van der Waals surface area contributed by atoms with Crippen LogP contribution in [-0.4, -0.2) is 28.1 Å². The number of hydrogen-bond acceptors (Lipinski definition) is 2. The van der Waals surface area contributed by atoms with E-state index in [0.717, 1.165) is 6.54 Å². The molecule has 0 aliphatic carbocycles. The van der Waals surface area contributed by atoms with Crippen molar-refractivity contribution in [1.29, 1.82) is 0 Å². The number of nitrogens with zero attached hydrogens (tertiary/aromatic N) is 1. The van der Waals surface area contributed by atoms with Gasteiger partial charge in [0.2, 0.25) is 0 Å². The monoisotopic (exact) mass is 224 g/mol. The average molecular weight is 224 g/mol. The molecule has 1 atom stereocenters. The average Bonchev–Trinajstić information content (AvgIpc) is 2.11. The first-order chi connectivity index (χ1) is 7.05. The quantitative estimate of drug-likeness (QED) is 0.773. The summed E-state index contributed by atoms with van der Waals surface area (Å²) in [5.74, 6) is 3.45. The molecule has 15 heavy (non-hydrogen) atoms. The predicted octanol–water partition coefficient (Wildman–Crippen LogP) is 0.841. The van der Waals surface area contributed by atoms with E-state index in [4.69, 9.17) is 5.14 Å². The van der Waals surface area contributed by atoms with Crippen LogP contribution in [0.15, 0.2) is 29.2 Å². The minimum Gasteiger partial charge on any atom is -0.299 e. The molecule has 2 N–H and O–H groups in total. The molecule has 1 unspecified atom stereocenters. The lowest BCUT2D eigenvalue weighted by Gasteiger charge is -2.30. The van der Waals surface area contributed by atoms with Gasteiger partial charge in [0.15, 0.2) is 0 Å². The Morgan fingerprint density at radius 3 is 2.33 bits per heavy atom. The van der Waals surface area contributed by atoms with Gasteiger partial charge in [-0.2, -0.15) is 0 Å². The molecular formula is C11H16N2OS. The Kier molecular flexibility index (Phi) is 2.82. The summed E-state index contributed by atoms with van der Waals surface area (Å²) in [7, 11) is -2.55. The molecule has 0 amide bonds. The lowest BCUT2D eigenvalue weighted by molar-refractivity contribution is 0.172. The molecule has 0 bridgehead atoms. The first-order valence-corrected chi connectivity index (χ1v) is 6.81. The van der Waals surface area contributed by atoms with Crippen molar-refractivity contribution in [3.8, 4) is 0 Å². The zero-order valence-corrected chi connectivity index (χ0v) is 9.50. The Labute approximate surface area is 91.0 Å². The normalized spacial score (nSPS) is 20.6. The minimum absolute atomic E-state index is 0.620. The molecule has 1 aromatic rings. The van der Waals surface area contributed by atoms with E-state index in [2.05, 4.69) is 10.8 Å². The molecule has 1 heterocycles. The van der Waals surface area contributed by atoms with Crippen LogP contribution in [0.25, 0.3) is 0 Å². The van der Waals surface area contributed by atoms with Crippen molar-refractivity contribution >= 4 is 15.6 Å². The SMILES string of the molecule is C=S(N)(=O)c1ccc(CN2CCC2)cc1. The maximum absolute atomic E-state index is 11.4. The summed E-state index contributed by atoms with van der Waals surface area (Å²) in [6, 6.07) is 7.57. The summed E-state index contributed by atoms with van der Waals surface area (Å²) < 4.78 is 11.4. The molecule has 0 saturated carbocycles. The lowest BCUT2D eigenvalue weighted by atomic mass is 10.1. The summed E-state index contributed by atoms with van der Waals surface area (Å²) in [6.45, 7) is 3.35. The first-order valence-electron chi connectivity index (χ1n) is 5.02. The van der Waals surface area contributed by atoms with E-state index in [-0.39, 0.29) is 0 Å². The Hall–Kier alpha value is -0.840. The van der Waals surface area contributed by atoms with Gasteiger partial charge in [-0.25, -0.2) is 4.21 Å². The van der Waals surface area contributed by atoms with Crippen LogP contribution in [-0.2, 0) is 16.3 Å². The molecule has 2 rings (SSSR count). The maximum atomic E-state index is 11.4. The highest BCUT2D eigenvalue weighted by Gasteiger charge is 2.13. The highest BCUT2D eigenvalue weighted by atomic mass is 32.2. The van der Waals surface area contributed by atoms with Crippen LogP contribution < -0.4 is 5.14 Å². The fraction of sp³-hybridized carbons (Fsp3) is 0.364. The second kappa shape index (κ2) is 3.96. The zero-order chi connectivity index (χ0) is 10.9. The summed E-state index contributed by atoms with van der Waals surface area (Å²) in [5.41, 5.74) is 1.24. The van der Waals surface area contributed by atoms with Gasteiger partial charge in [-0.05, 0) is 43.1 Å². The molecule has 0 radical (unpaired) electrons. The second-order valence-electron chi connectivity index (χ2n) is 4.00. The molecular weight excluding hydrogens is 208 g/mol. The number of benzene rings is 1. The van der Waals surface area contributed by atoms with Gasteiger partial charge in [-0.1, -0.05) is 12.1 Å². The summed E-state index contributed by atoms with van der Waals surface area (Å²) in [5, 5.41) is 5.45. The van der Waals surface area contributed by atoms with Crippen molar-refractivity contribution < 1.29 is 4.21 Å². The molecule has 3 nitrogen and oxygen atoms in total. The van der Waals surface area contributed by atoms with Crippen LogP contribution in [0.4, 0.5) is 0 Å². The van der Waals surface area contributed by atoms with Gasteiger partial charge >= 0.3 is 0 Å². The van der Waals surface area contributed by atoms with Gasteiger partial charge < -0.3 is 0 Å². The van der Waals surface area contributed by atoms with Crippen molar-refractivity contribution in [2.45, 2.75) is 17.9 Å². The Balaban J connectivity index is 2.09. The lowest BCUT2D eigenvalue weighted by Crippen LogP contribution is -2.36. The molecule has 4 heteroatoms. The fourth-order valence-corrected chi connectivity index (χ4v) is 2.22. The molecule has 1 aliphatic rings. The maximum Gasteiger partial charge on any atom is 0.0507 e. The minimum atomic E-state index is -2.55. The van der Waals surface area contributed by atoms with Gasteiger partial charge in [0, 0.05) is 11.4 Å². The summed E-state index contributed by atoms with van der Waals surface area (Å²) in [4.78, 5) is 2.99. The fourth-order valence-electron chi connectivity index (χ4n) is 1.62. The highest BCUT2D eigenvalue weighted by molar-refractivity contribution is 7.98. The van der Waals surface area contributed by atoms with Crippen molar-refractivity contribution in [1.82, 2.24) is 4.90 Å². The molecule has 1 fully saturated rings. The molecule has 82 valence electrons. The van der Waals surface area contributed by atoms with Crippen molar-refractivity contribution in [3.05, 3.63) is 29.8 Å². The van der Waals surface area contributed by atoms with Crippen LogP contribution in [0.2, 0.25) is 0 Å². The highest BCUT2D eigenvalue weighted by Crippen LogP contribution is 2.14. The standard InChI is InChI=1S/C11H16N2OS/c1-15(12,14)11-5-3-10(4-6-11)9-13-7-2-8-13/h3-6H,1-2,7-9H2,(H2,12,14).